The highest BCUT2D eigenvalue weighted by Crippen LogP contribution is 2.26. The topological polar surface area (TPSA) is 46.3 Å². The Balaban J connectivity index is 0. The number of benzene rings is 2. The highest BCUT2D eigenvalue weighted by atomic mass is 19.1. The molecule has 2 aromatic rings. The Morgan fingerprint density at radius 3 is 1.95 bits per heavy atom. The summed E-state index contributed by atoms with van der Waals surface area (Å²) in [5, 5.41) is 0. The number of Topliss-reactive ketones (excluding diaryl/α,β-unsaturated/α-hetero) is 1. The standard InChI is InChI=1S/C12H16FN.C12H16O.C5H13N.2C2H6/c1-9-3-4-12(11(13)7-9)14-6-5-10(2)8-14;1-4-5-11-8-9(2)6-7-12(11)10(3)13;1-3-5(6)4-2;2*1-2/h3-4,7,10H,5-6,8H2,1-2H3;6-8H,4-5H2,1-3H3;5H,3-4,6H2,1-2H3;2*1-2H3. The van der Waals surface area contributed by atoms with Crippen LogP contribution in [-0.4, -0.2) is 24.9 Å². The fraction of sp³-hybridized carbons (Fsp3) is 0.606. The van der Waals surface area contributed by atoms with Gasteiger partial charge in [0, 0.05) is 24.7 Å². The van der Waals surface area contributed by atoms with Crippen molar-refractivity contribution in [1.82, 2.24) is 0 Å². The van der Waals surface area contributed by atoms with E-state index >= 15 is 0 Å². The summed E-state index contributed by atoms with van der Waals surface area (Å²) in [6, 6.07) is 12.0. The van der Waals surface area contributed by atoms with Crippen molar-refractivity contribution in [1.29, 1.82) is 0 Å². The van der Waals surface area contributed by atoms with E-state index in [0.29, 0.717) is 12.0 Å². The lowest BCUT2D eigenvalue weighted by molar-refractivity contribution is 0.101. The number of carbonyl (C=O) groups is 1. The number of aryl methyl sites for hydroxylation is 3. The minimum Gasteiger partial charge on any atom is -0.369 e. The lowest BCUT2D eigenvalue weighted by atomic mass is 9.98. The minimum absolute atomic E-state index is 0.0842. The molecule has 0 amide bonds. The zero-order valence-corrected chi connectivity index (χ0v) is 25.9. The quantitative estimate of drug-likeness (QED) is 0.389. The molecule has 1 aliphatic rings. The Morgan fingerprint density at radius 2 is 1.54 bits per heavy atom. The monoisotopic (exact) mass is 516 g/mol. The van der Waals surface area contributed by atoms with Gasteiger partial charge in [0.1, 0.15) is 5.82 Å². The van der Waals surface area contributed by atoms with E-state index in [1.54, 1.807) is 13.0 Å². The van der Waals surface area contributed by atoms with Crippen LogP contribution in [0.4, 0.5) is 10.1 Å². The van der Waals surface area contributed by atoms with E-state index < -0.39 is 0 Å². The van der Waals surface area contributed by atoms with Gasteiger partial charge in [-0.2, -0.15) is 0 Å². The van der Waals surface area contributed by atoms with E-state index in [-0.39, 0.29) is 11.6 Å². The second kappa shape index (κ2) is 21.8. The smallest absolute Gasteiger partial charge is 0.160 e. The predicted molar refractivity (Wildman–Crippen MR) is 164 cm³/mol. The molecule has 0 aliphatic carbocycles. The van der Waals surface area contributed by atoms with Gasteiger partial charge in [-0.05, 0) is 75.6 Å². The summed E-state index contributed by atoms with van der Waals surface area (Å²) < 4.78 is 13.6. The van der Waals surface area contributed by atoms with Gasteiger partial charge in [0.25, 0.3) is 0 Å². The molecule has 0 spiro atoms. The van der Waals surface area contributed by atoms with Gasteiger partial charge in [-0.25, -0.2) is 4.39 Å². The number of hydrogen-bond donors (Lipinski definition) is 1. The second-order valence-corrected chi connectivity index (χ2v) is 9.34. The number of nitrogens with two attached hydrogens (primary N) is 1. The Bertz CT molecular complexity index is 861. The van der Waals surface area contributed by atoms with E-state index in [4.69, 9.17) is 5.73 Å². The number of nitrogens with zero attached hydrogens (tertiary/aromatic N) is 1. The first kappa shape index (κ1) is 37.0. The van der Waals surface area contributed by atoms with E-state index in [9.17, 15) is 9.18 Å². The first-order valence-electron chi connectivity index (χ1n) is 14.5. The van der Waals surface area contributed by atoms with Crippen LogP contribution in [0.25, 0.3) is 0 Å². The maximum Gasteiger partial charge on any atom is 0.160 e. The van der Waals surface area contributed by atoms with E-state index in [1.807, 2.05) is 58.9 Å². The third-order valence-corrected chi connectivity index (χ3v) is 6.08. The Morgan fingerprint density at radius 1 is 1.00 bits per heavy atom. The summed E-state index contributed by atoms with van der Waals surface area (Å²) in [7, 11) is 0. The molecule has 1 aliphatic heterocycles. The van der Waals surface area contributed by atoms with E-state index in [2.05, 4.69) is 45.6 Å². The van der Waals surface area contributed by atoms with Gasteiger partial charge >= 0.3 is 0 Å². The van der Waals surface area contributed by atoms with Gasteiger partial charge in [-0.1, -0.05) is 91.6 Å². The molecule has 1 fully saturated rings. The van der Waals surface area contributed by atoms with Crippen molar-refractivity contribution >= 4 is 11.5 Å². The summed E-state index contributed by atoms with van der Waals surface area (Å²) in [4.78, 5) is 13.4. The molecule has 3 rings (SSSR count). The minimum atomic E-state index is -0.0842. The van der Waals surface area contributed by atoms with Gasteiger partial charge in [0.15, 0.2) is 5.78 Å². The number of hydrogen-bond acceptors (Lipinski definition) is 3. The largest absolute Gasteiger partial charge is 0.369 e. The molecule has 1 atom stereocenters. The van der Waals surface area contributed by atoms with Crippen LogP contribution < -0.4 is 10.6 Å². The van der Waals surface area contributed by atoms with Gasteiger partial charge in [-0.3, -0.25) is 4.79 Å². The molecule has 212 valence electrons. The molecule has 0 saturated carbocycles. The molecule has 1 heterocycles. The fourth-order valence-electron chi connectivity index (χ4n) is 3.85. The summed E-state index contributed by atoms with van der Waals surface area (Å²) in [6.07, 6.45) is 5.47. The Kier molecular flexibility index (Phi) is 21.8. The summed E-state index contributed by atoms with van der Waals surface area (Å²) in [5.74, 6) is 0.776. The average Bonchev–Trinajstić information content (AvgIpc) is 3.32. The first-order valence-corrected chi connectivity index (χ1v) is 14.5. The highest BCUT2D eigenvalue weighted by molar-refractivity contribution is 5.95. The summed E-state index contributed by atoms with van der Waals surface area (Å²) >= 11 is 0. The molecule has 2 N–H and O–H groups in total. The van der Waals surface area contributed by atoms with Crippen LogP contribution in [0, 0.1) is 25.6 Å². The second-order valence-electron chi connectivity index (χ2n) is 9.34. The van der Waals surface area contributed by atoms with Gasteiger partial charge < -0.3 is 10.6 Å². The number of halogens is 1. The third-order valence-electron chi connectivity index (χ3n) is 6.08. The molecule has 37 heavy (non-hydrogen) atoms. The molecule has 2 aromatic carbocycles. The van der Waals surface area contributed by atoms with Crippen molar-refractivity contribution in [2.24, 2.45) is 11.7 Å². The van der Waals surface area contributed by atoms with Gasteiger partial charge in [0.05, 0.1) is 5.69 Å². The normalized spacial score (nSPS) is 13.7. The highest BCUT2D eigenvalue weighted by Gasteiger charge is 2.20. The molecular weight excluding hydrogens is 459 g/mol. The molecule has 1 unspecified atom stereocenters. The van der Waals surface area contributed by atoms with Crippen LogP contribution in [0.2, 0.25) is 0 Å². The number of rotatable bonds is 6. The van der Waals surface area contributed by atoms with Crippen molar-refractivity contribution < 1.29 is 9.18 Å². The molecule has 4 heteroatoms. The van der Waals surface area contributed by atoms with Crippen LogP contribution in [-0.2, 0) is 6.42 Å². The number of anilines is 1. The zero-order valence-electron chi connectivity index (χ0n) is 25.9. The lowest BCUT2D eigenvalue weighted by Gasteiger charge is -2.18. The van der Waals surface area contributed by atoms with Crippen LogP contribution >= 0.6 is 0 Å². The van der Waals surface area contributed by atoms with Crippen molar-refractivity contribution in [2.75, 3.05) is 18.0 Å². The number of carbonyl (C=O) groups excluding carboxylic acids is 1. The molecule has 1 saturated heterocycles. The summed E-state index contributed by atoms with van der Waals surface area (Å²) in [5.41, 5.74) is 10.5. The van der Waals surface area contributed by atoms with Crippen molar-refractivity contribution in [3.05, 3.63) is 64.5 Å². The van der Waals surface area contributed by atoms with Gasteiger partial charge in [-0.15, -0.1) is 0 Å². The van der Waals surface area contributed by atoms with Crippen molar-refractivity contribution in [3.8, 4) is 0 Å². The summed E-state index contributed by atoms with van der Waals surface area (Å²) in [6.45, 7) is 24.1. The maximum absolute atomic E-state index is 13.6. The molecule has 0 aromatic heterocycles. The van der Waals surface area contributed by atoms with Crippen LogP contribution in [0.1, 0.15) is 115 Å². The van der Waals surface area contributed by atoms with Crippen LogP contribution in [0.15, 0.2) is 36.4 Å². The van der Waals surface area contributed by atoms with Crippen molar-refractivity contribution in [2.45, 2.75) is 114 Å². The fourth-order valence-corrected chi connectivity index (χ4v) is 3.85. The lowest BCUT2D eigenvalue weighted by Crippen LogP contribution is -2.20. The molecule has 3 nitrogen and oxygen atoms in total. The SMILES string of the molecule is CC.CC.CCC(N)CC.CCCc1cc(C)ccc1C(C)=O.Cc1ccc(N2CCC(C)C2)c(F)c1. The molecular formula is C33H57FN2O. The average molecular weight is 517 g/mol. The first-order chi connectivity index (χ1) is 17.6. The van der Waals surface area contributed by atoms with E-state index in [0.717, 1.165) is 55.6 Å². The van der Waals surface area contributed by atoms with Crippen molar-refractivity contribution in [3.63, 3.8) is 0 Å². The molecule has 0 bridgehead atoms. The zero-order chi connectivity index (χ0) is 29.0. The Hall–Kier alpha value is -2.20. The molecule has 0 radical (unpaired) electrons. The predicted octanol–water partition coefficient (Wildman–Crippen LogP) is 9.32. The maximum atomic E-state index is 13.6. The van der Waals surface area contributed by atoms with Crippen LogP contribution in [0.5, 0.6) is 0 Å². The van der Waals surface area contributed by atoms with Crippen LogP contribution in [0.3, 0.4) is 0 Å². The van der Waals surface area contributed by atoms with Gasteiger partial charge in [0.2, 0.25) is 0 Å². The Labute approximate surface area is 229 Å². The third kappa shape index (κ3) is 15.0. The number of ketones is 1. The van der Waals surface area contributed by atoms with E-state index in [1.165, 1.54) is 17.5 Å².